The van der Waals surface area contributed by atoms with E-state index in [1.165, 1.54) is 60.0 Å². The van der Waals surface area contributed by atoms with Gasteiger partial charge in [0.2, 0.25) is 5.95 Å². The lowest BCUT2D eigenvalue weighted by atomic mass is 9.80. The highest BCUT2D eigenvalue weighted by Crippen LogP contribution is 2.39. The Balaban J connectivity index is 0.000000140. The van der Waals surface area contributed by atoms with Gasteiger partial charge in [0.25, 0.3) is 5.56 Å². The maximum Gasteiger partial charge on any atom is 0.280 e. The number of anilines is 1. The van der Waals surface area contributed by atoms with E-state index >= 15 is 0 Å². The molecule has 0 spiro atoms. The summed E-state index contributed by atoms with van der Waals surface area (Å²) in [4.78, 5) is 25.2. The number of hydrazine groups is 1. The van der Waals surface area contributed by atoms with Gasteiger partial charge in [0.15, 0.2) is 11.2 Å². The number of H-pyrrole nitrogens is 1. The van der Waals surface area contributed by atoms with Gasteiger partial charge in [-0.15, -0.1) is 0 Å². The Morgan fingerprint density at radius 2 is 1.87 bits per heavy atom. The van der Waals surface area contributed by atoms with Crippen LogP contribution in [0.15, 0.2) is 71.3 Å². The molecule has 4 aromatic rings. The highest BCUT2D eigenvalue weighted by atomic mass is 16.1. The first-order valence-electron chi connectivity index (χ1n) is 10.3. The Bertz CT molecular complexity index is 1400. The van der Waals surface area contributed by atoms with Crippen molar-refractivity contribution in [3.63, 3.8) is 0 Å². The molecular formula is C24H22N6O. The third-order valence-corrected chi connectivity index (χ3v) is 5.77. The molecule has 0 saturated heterocycles. The van der Waals surface area contributed by atoms with Gasteiger partial charge in [0.05, 0.1) is 0 Å². The van der Waals surface area contributed by atoms with Gasteiger partial charge in [-0.2, -0.15) is 4.98 Å². The van der Waals surface area contributed by atoms with Crippen LogP contribution in [0.3, 0.4) is 0 Å². The van der Waals surface area contributed by atoms with Crippen LogP contribution < -0.4 is 16.8 Å². The van der Waals surface area contributed by atoms with E-state index in [1.54, 1.807) is 11.1 Å². The van der Waals surface area contributed by atoms with Crippen molar-refractivity contribution < 1.29 is 0 Å². The number of rotatable bonds is 1. The van der Waals surface area contributed by atoms with Crippen LogP contribution in [-0.4, -0.2) is 19.9 Å². The molecular weight excluding hydrogens is 388 g/mol. The van der Waals surface area contributed by atoms with E-state index in [2.05, 4.69) is 73.9 Å². The predicted octanol–water partition coefficient (Wildman–Crippen LogP) is 3.89. The number of aromatic nitrogens is 4. The number of benzene rings is 2. The van der Waals surface area contributed by atoms with Crippen molar-refractivity contribution in [1.82, 2.24) is 19.9 Å². The van der Waals surface area contributed by atoms with Crippen LogP contribution >= 0.6 is 0 Å². The summed E-state index contributed by atoms with van der Waals surface area (Å²) in [5.74, 6) is 5.24. The van der Waals surface area contributed by atoms with Crippen molar-refractivity contribution in [3.8, 4) is 0 Å². The number of nitrogens with two attached hydrogens (primary N) is 1. The van der Waals surface area contributed by atoms with Crippen molar-refractivity contribution in [2.24, 2.45) is 5.84 Å². The normalized spacial score (nSPS) is 14.6. The SMILES string of the molecule is C1=CC2=C(CC1)CCc1c2ccc2ccccc12.NNc1nc2nccnc2c(=O)[nH]1. The van der Waals surface area contributed by atoms with Crippen molar-refractivity contribution in [1.29, 1.82) is 0 Å². The van der Waals surface area contributed by atoms with Gasteiger partial charge in [-0.05, 0) is 53.2 Å². The fourth-order valence-electron chi connectivity index (χ4n) is 4.33. The Labute approximate surface area is 178 Å². The van der Waals surface area contributed by atoms with Gasteiger partial charge in [-0.25, -0.2) is 15.8 Å². The fraction of sp³-hybridized carbons (Fsp3) is 0.167. The predicted molar refractivity (Wildman–Crippen MR) is 123 cm³/mol. The quantitative estimate of drug-likeness (QED) is 0.324. The summed E-state index contributed by atoms with van der Waals surface area (Å²) in [5.41, 5.74) is 8.52. The molecule has 0 atom stereocenters. The van der Waals surface area contributed by atoms with Crippen LogP contribution in [0.1, 0.15) is 30.4 Å². The van der Waals surface area contributed by atoms with Gasteiger partial charge in [-0.1, -0.05) is 54.1 Å². The molecule has 0 unspecified atom stereocenters. The highest BCUT2D eigenvalue weighted by Gasteiger charge is 2.20. The third-order valence-electron chi connectivity index (χ3n) is 5.77. The molecule has 2 aromatic heterocycles. The number of fused-ring (bicyclic) bond motifs is 5. The molecule has 2 aromatic carbocycles. The third kappa shape index (κ3) is 3.60. The van der Waals surface area contributed by atoms with Crippen molar-refractivity contribution in [2.75, 3.05) is 5.43 Å². The van der Waals surface area contributed by atoms with Gasteiger partial charge < -0.3 is 0 Å². The zero-order chi connectivity index (χ0) is 21.2. The van der Waals surface area contributed by atoms with E-state index in [-0.39, 0.29) is 22.7 Å². The molecule has 31 heavy (non-hydrogen) atoms. The van der Waals surface area contributed by atoms with Crippen molar-refractivity contribution in [2.45, 2.75) is 25.7 Å². The lowest BCUT2D eigenvalue weighted by molar-refractivity contribution is 0.831. The van der Waals surface area contributed by atoms with E-state index < -0.39 is 0 Å². The number of aromatic amines is 1. The van der Waals surface area contributed by atoms with E-state index in [1.807, 2.05) is 0 Å². The van der Waals surface area contributed by atoms with Crippen LogP contribution in [0.4, 0.5) is 5.95 Å². The van der Waals surface area contributed by atoms with Crippen LogP contribution in [0, 0.1) is 0 Å². The number of nitrogens with one attached hydrogen (secondary N) is 2. The maximum absolute atomic E-state index is 11.3. The van der Waals surface area contributed by atoms with E-state index in [9.17, 15) is 4.79 Å². The summed E-state index contributed by atoms with van der Waals surface area (Å²) in [6.45, 7) is 0. The minimum Gasteiger partial charge on any atom is -0.294 e. The van der Waals surface area contributed by atoms with E-state index in [0.29, 0.717) is 0 Å². The molecule has 0 aliphatic heterocycles. The fourth-order valence-corrected chi connectivity index (χ4v) is 4.33. The minimum atomic E-state index is -0.369. The summed E-state index contributed by atoms with van der Waals surface area (Å²) >= 11 is 0. The average molecular weight is 410 g/mol. The van der Waals surface area contributed by atoms with Gasteiger partial charge in [0, 0.05) is 12.4 Å². The summed E-state index contributed by atoms with van der Waals surface area (Å²) < 4.78 is 0. The Morgan fingerprint density at radius 1 is 1.00 bits per heavy atom. The summed E-state index contributed by atoms with van der Waals surface area (Å²) in [6, 6.07) is 13.4. The van der Waals surface area contributed by atoms with Crippen LogP contribution in [0.25, 0.3) is 27.5 Å². The molecule has 2 aliphatic rings. The van der Waals surface area contributed by atoms with Crippen molar-refractivity contribution in [3.05, 3.63) is 88.0 Å². The lowest BCUT2D eigenvalue weighted by Crippen LogP contribution is -2.17. The van der Waals surface area contributed by atoms with Gasteiger partial charge in [0.1, 0.15) is 0 Å². The standard InChI is InChI=1S/C18H16.C6H6N6O/c1-3-7-15-13(5-1)9-11-18-16-8-4-2-6-14(16)10-12-17(15)18;7-12-6-10-4-3(5(13)11-6)8-1-2-9-4/h1,3-5,7-9,11H,2,6,10,12H2;1-2H,7H2,(H2,9,10,11,12,13). The second kappa shape index (κ2) is 8.12. The summed E-state index contributed by atoms with van der Waals surface area (Å²) in [5, 5.41) is 2.82. The van der Waals surface area contributed by atoms with Crippen molar-refractivity contribution >= 4 is 33.5 Å². The van der Waals surface area contributed by atoms with Crippen LogP contribution in [-0.2, 0) is 6.42 Å². The summed E-state index contributed by atoms with van der Waals surface area (Å²) in [7, 11) is 0. The molecule has 0 bridgehead atoms. The number of nitrogen functional groups attached to an aromatic ring is 1. The lowest BCUT2D eigenvalue weighted by Gasteiger charge is -2.25. The highest BCUT2D eigenvalue weighted by molar-refractivity contribution is 5.93. The number of aryl methyl sites for hydroxylation is 1. The molecule has 0 radical (unpaired) electrons. The first kappa shape index (κ1) is 19.1. The van der Waals surface area contributed by atoms with Crippen LogP contribution in [0.5, 0.6) is 0 Å². The van der Waals surface area contributed by atoms with Crippen LogP contribution in [0.2, 0.25) is 0 Å². The number of allylic oxidation sites excluding steroid dienone is 4. The maximum atomic E-state index is 11.3. The molecule has 0 fully saturated rings. The Morgan fingerprint density at radius 3 is 2.77 bits per heavy atom. The zero-order valence-corrected chi connectivity index (χ0v) is 16.9. The average Bonchev–Trinajstić information content (AvgIpc) is 2.84. The minimum absolute atomic E-state index is 0.165. The first-order valence-corrected chi connectivity index (χ1v) is 10.3. The molecule has 7 heteroatoms. The molecule has 6 rings (SSSR count). The zero-order valence-electron chi connectivity index (χ0n) is 16.9. The van der Waals surface area contributed by atoms with E-state index in [4.69, 9.17) is 5.84 Å². The number of hydrogen-bond donors (Lipinski definition) is 3. The first-order chi connectivity index (χ1) is 15.2. The topological polar surface area (TPSA) is 110 Å². The number of nitrogens with zero attached hydrogens (tertiary/aromatic N) is 3. The Kier molecular flexibility index (Phi) is 5.01. The molecule has 154 valence electrons. The molecule has 0 amide bonds. The van der Waals surface area contributed by atoms with E-state index in [0.717, 1.165) is 0 Å². The molecule has 2 aliphatic carbocycles. The largest absolute Gasteiger partial charge is 0.294 e. The summed E-state index contributed by atoms with van der Waals surface area (Å²) in [6.07, 6.45) is 12.5. The second-order valence-corrected chi connectivity index (χ2v) is 7.56. The second-order valence-electron chi connectivity index (χ2n) is 7.56. The Hall–Kier alpha value is -3.84. The molecule has 2 heterocycles. The molecule has 4 N–H and O–H groups in total. The monoisotopic (exact) mass is 410 g/mol. The molecule has 0 saturated carbocycles. The van der Waals surface area contributed by atoms with Gasteiger partial charge in [-0.3, -0.25) is 15.2 Å². The number of hydrogen-bond acceptors (Lipinski definition) is 6. The van der Waals surface area contributed by atoms with Gasteiger partial charge >= 0.3 is 0 Å². The smallest absolute Gasteiger partial charge is 0.280 e. The molecule has 7 nitrogen and oxygen atoms in total.